The van der Waals surface area contributed by atoms with Crippen LogP contribution in [-0.2, 0) is 15.8 Å². The molecule has 0 radical (unpaired) electrons. The molecule has 2 heterocycles. The number of benzene rings is 2. The van der Waals surface area contributed by atoms with Crippen LogP contribution in [0, 0.1) is 17.7 Å². The maximum atomic E-state index is 15.0. The van der Waals surface area contributed by atoms with Crippen LogP contribution in [0.4, 0.5) is 28.9 Å². The van der Waals surface area contributed by atoms with Crippen LogP contribution in [0.3, 0.4) is 0 Å². The molecular weight excluding hydrogens is 548 g/mol. The van der Waals surface area contributed by atoms with Gasteiger partial charge in [-0.15, -0.1) is 0 Å². The average molecular weight is 575 g/mol. The summed E-state index contributed by atoms with van der Waals surface area (Å²) in [5, 5.41) is 11.5. The smallest absolute Gasteiger partial charge is 0.452 e. The third-order valence-corrected chi connectivity index (χ3v) is 7.43. The number of piperazine rings is 1. The number of nitrogens with zero attached hydrogens (tertiary/aromatic N) is 3. The van der Waals surface area contributed by atoms with Crippen LogP contribution in [0.1, 0.15) is 35.5 Å². The van der Waals surface area contributed by atoms with Crippen molar-refractivity contribution in [1.82, 2.24) is 9.88 Å². The first-order valence-corrected chi connectivity index (χ1v) is 13.0. The summed E-state index contributed by atoms with van der Waals surface area (Å²) in [5.74, 6) is -6.50. The highest BCUT2D eigenvalue weighted by Crippen LogP contribution is 2.36. The lowest BCUT2D eigenvalue weighted by atomic mass is 9.94. The van der Waals surface area contributed by atoms with Crippen molar-refractivity contribution in [3.8, 4) is 11.5 Å². The molecule has 1 aromatic heterocycles. The van der Waals surface area contributed by atoms with Gasteiger partial charge in [-0.1, -0.05) is 24.6 Å². The molecule has 0 spiro atoms. The molecule has 41 heavy (non-hydrogen) atoms. The molecule has 13 heteroatoms. The predicted octanol–water partition coefficient (Wildman–Crippen LogP) is 4.90. The summed E-state index contributed by atoms with van der Waals surface area (Å²) in [6, 6.07) is 11.7. The first kappa shape index (κ1) is 28.1. The minimum atomic E-state index is -5.01. The molecule has 1 saturated carbocycles. The number of halogens is 4. The van der Waals surface area contributed by atoms with E-state index >= 15 is 0 Å². The maximum absolute atomic E-state index is 15.0. The fourth-order valence-electron chi connectivity index (χ4n) is 5.32. The Bertz CT molecular complexity index is 1450. The van der Waals surface area contributed by atoms with E-state index in [9.17, 15) is 37.1 Å². The van der Waals surface area contributed by atoms with Gasteiger partial charge < -0.3 is 24.6 Å². The number of carbonyl (C=O) groups is 3. The van der Waals surface area contributed by atoms with Gasteiger partial charge in [0.1, 0.15) is 5.82 Å². The standard InChI is InChI=1S/C28H26F4N4O5/c29-20-15-17(35-11-13-36(14-12-35)26(38)18-7-4-8-19(18)27(39)40)9-10-21(20)33-24(37)22-23(28(30,31)32)41-25(34-22)16-5-2-1-3-6-16/h1-3,5-6,9-10,15,18-19H,4,7-8,11-14H2,(H,33,37)(H,39,40)/t18-,19?/m0/s1. The normalized spacial score (nSPS) is 19.3. The molecule has 2 N–H and O–H groups in total. The Kier molecular flexibility index (Phi) is 7.70. The molecule has 1 aliphatic heterocycles. The second-order valence-corrected chi connectivity index (χ2v) is 9.97. The van der Waals surface area contributed by atoms with E-state index in [0.29, 0.717) is 51.1 Å². The lowest BCUT2D eigenvalue weighted by Gasteiger charge is -2.37. The summed E-state index contributed by atoms with van der Waals surface area (Å²) in [4.78, 5) is 44.3. The van der Waals surface area contributed by atoms with Gasteiger partial charge in [0.15, 0.2) is 5.69 Å². The zero-order chi connectivity index (χ0) is 29.3. The Balaban J connectivity index is 1.25. The summed E-state index contributed by atoms with van der Waals surface area (Å²) in [6.45, 7) is 1.41. The van der Waals surface area contributed by atoms with Gasteiger partial charge in [0.05, 0.1) is 17.5 Å². The van der Waals surface area contributed by atoms with Crippen molar-refractivity contribution in [3.63, 3.8) is 0 Å². The molecule has 5 rings (SSSR count). The highest BCUT2D eigenvalue weighted by Gasteiger charge is 2.42. The fourth-order valence-corrected chi connectivity index (χ4v) is 5.32. The Morgan fingerprint density at radius 3 is 2.29 bits per heavy atom. The van der Waals surface area contributed by atoms with E-state index in [1.54, 1.807) is 23.1 Å². The number of carboxylic acid groups (broad SMARTS) is 1. The van der Waals surface area contributed by atoms with E-state index < -0.39 is 53.1 Å². The van der Waals surface area contributed by atoms with Crippen LogP contribution in [-0.4, -0.2) is 59.0 Å². The van der Waals surface area contributed by atoms with E-state index in [-0.39, 0.29) is 17.2 Å². The first-order chi connectivity index (χ1) is 19.5. The highest BCUT2D eigenvalue weighted by molar-refractivity contribution is 6.04. The SMILES string of the molecule is O=C(Nc1ccc(N2CCN(C(=O)[C@H]3CCCC3C(=O)O)CC2)cc1F)c1nc(-c2ccccc2)oc1C(F)(F)F. The quantitative estimate of drug-likeness (QED) is 0.403. The Hall–Kier alpha value is -4.42. The molecule has 2 aromatic carbocycles. The van der Waals surface area contributed by atoms with E-state index in [1.165, 1.54) is 24.3 Å². The Labute approximate surface area is 231 Å². The molecule has 1 aliphatic carbocycles. The molecule has 2 aliphatic rings. The molecule has 216 valence electrons. The molecule has 2 fully saturated rings. The number of hydrogen-bond acceptors (Lipinski definition) is 6. The van der Waals surface area contributed by atoms with Crippen LogP contribution >= 0.6 is 0 Å². The molecule has 9 nitrogen and oxygen atoms in total. The van der Waals surface area contributed by atoms with Crippen molar-refractivity contribution < 1.29 is 41.5 Å². The van der Waals surface area contributed by atoms with Crippen molar-refractivity contribution in [2.45, 2.75) is 25.4 Å². The van der Waals surface area contributed by atoms with Gasteiger partial charge in [-0.05, 0) is 43.2 Å². The van der Waals surface area contributed by atoms with Gasteiger partial charge >= 0.3 is 12.1 Å². The molecule has 1 unspecified atom stereocenters. The predicted molar refractivity (Wildman–Crippen MR) is 139 cm³/mol. The molecular formula is C28H26F4N4O5. The van der Waals surface area contributed by atoms with E-state index in [2.05, 4.69) is 10.3 Å². The van der Waals surface area contributed by atoms with Crippen LogP contribution in [0.25, 0.3) is 11.5 Å². The molecule has 1 saturated heterocycles. The van der Waals surface area contributed by atoms with Gasteiger partial charge in [-0.3, -0.25) is 14.4 Å². The fraction of sp³-hybridized carbons (Fsp3) is 0.357. The third kappa shape index (κ3) is 5.88. The topological polar surface area (TPSA) is 116 Å². The van der Waals surface area contributed by atoms with Crippen molar-refractivity contribution in [2.75, 3.05) is 36.4 Å². The number of amides is 2. The van der Waals surface area contributed by atoms with Gasteiger partial charge in [0, 0.05) is 37.4 Å². The number of oxazole rings is 1. The summed E-state index contributed by atoms with van der Waals surface area (Å²) < 4.78 is 60.6. The molecule has 2 amide bonds. The van der Waals surface area contributed by atoms with E-state index in [0.717, 1.165) is 6.07 Å². The molecule has 2 atom stereocenters. The number of anilines is 2. The summed E-state index contributed by atoms with van der Waals surface area (Å²) >= 11 is 0. The van der Waals surface area contributed by atoms with Crippen molar-refractivity contribution in [1.29, 1.82) is 0 Å². The van der Waals surface area contributed by atoms with Crippen molar-refractivity contribution in [3.05, 3.63) is 65.8 Å². The number of aromatic nitrogens is 1. The Morgan fingerprint density at radius 2 is 1.66 bits per heavy atom. The van der Waals surface area contributed by atoms with Crippen molar-refractivity contribution in [2.24, 2.45) is 11.8 Å². The van der Waals surface area contributed by atoms with Gasteiger partial charge in [0.2, 0.25) is 17.6 Å². The van der Waals surface area contributed by atoms with Crippen LogP contribution in [0.5, 0.6) is 0 Å². The maximum Gasteiger partial charge on any atom is 0.452 e. The third-order valence-electron chi connectivity index (χ3n) is 7.43. The van der Waals surface area contributed by atoms with E-state index in [4.69, 9.17) is 4.42 Å². The second-order valence-electron chi connectivity index (χ2n) is 9.97. The monoisotopic (exact) mass is 574 g/mol. The average Bonchev–Trinajstić information content (AvgIpc) is 3.63. The summed E-state index contributed by atoms with van der Waals surface area (Å²) in [7, 11) is 0. The van der Waals surface area contributed by atoms with Crippen molar-refractivity contribution >= 4 is 29.2 Å². The number of alkyl halides is 3. The lowest BCUT2D eigenvalue weighted by molar-refractivity contribution is -0.153. The summed E-state index contributed by atoms with van der Waals surface area (Å²) in [6.07, 6.45) is -3.29. The van der Waals surface area contributed by atoms with E-state index in [1.807, 2.05) is 4.90 Å². The van der Waals surface area contributed by atoms with Gasteiger partial charge in [0.25, 0.3) is 5.91 Å². The summed E-state index contributed by atoms with van der Waals surface area (Å²) in [5.41, 5.74) is -0.668. The van der Waals surface area contributed by atoms with Crippen LogP contribution in [0.2, 0.25) is 0 Å². The number of nitrogens with one attached hydrogen (secondary N) is 1. The zero-order valence-electron chi connectivity index (χ0n) is 21.7. The number of hydrogen-bond donors (Lipinski definition) is 2. The largest absolute Gasteiger partial charge is 0.481 e. The molecule has 3 aromatic rings. The van der Waals surface area contributed by atoms with Crippen LogP contribution in [0.15, 0.2) is 52.9 Å². The number of carbonyl (C=O) groups excluding carboxylic acids is 2. The Morgan fingerprint density at radius 1 is 0.976 bits per heavy atom. The minimum Gasteiger partial charge on any atom is -0.481 e. The first-order valence-electron chi connectivity index (χ1n) is 13.0. The number of rotatable bonds is 6. The van der Waals surface area contributed by atoms with Gasteiger partial charge in [-0.2, -0.15) is 13.2 Å². The second kappa shape index (κ2) is 11.2. The molecule has 0 bridgehead atoms. The van der Waals surface area contributed by atoms with Gasteiger partial charge in [-0.25, -0.2) is 9.37 Å². The number of carboxylic acids is 1. The lowest BCUT2D eigenvalue weighted by Crippen LogP contribution is -2.51. The number of aliphatic carboxylic acids is 1. The zero-order valence-corrected chi connectivity index (χ0v) is 21.7. The highest BCUT2D eigenvalue weighted by atomic mass is 19.4. The van der Waals surface area contributed by atoms with Crippen LogP contribution < -0.4 is 10.2 Å². The minimum absolute atomic E-state index is 0.180.